The number of nitrogens with one attached hydrogen (secondary N) is 1. The molecule has 0 aliphatic heterocycles. The van der Waals surface area contributed by atoms with Gasteiger partial charge in [-0.15, -0.1) is 0 Å². The summed E-state index contributed by atoms with van der Waals surface area (Å²) in [5.41, 5.74) is 6.02. The number of benzene rings is 1. The van der Waals surface area contributed by atoms with Crippen LogP contribution in [0.5, 0.6) is 5.75 Å². The molecule has 104 valence electrons. The highest BCUT2D eigenvalue weighted by Gasteiger charge is 2.03. The third-order valence-electron chi connectivity index (χ3n) is 2.18. The maximum atomic E-state index is 11.6. The Morgan fingerprint density at radius 3 is 2.95 bits per heavy atom. The van der Waals surface area contributed by atoms with Crippen molar-refractivity contribution >= 4 is 28.8 Å². The minimum Gasteiger partial charge on any atom is -0.486 e. The summed E-state index contributed by atoms with van der Waals surface area (Å²) in [6.45, 7) is 3.09. The van der Waals surface area contributed by atoms with E-state index in [4.69, 9.17) is 27.4 Å². The summed E-state index contributed by atoms with van der Waals surface area (Å²) < 4.78 is 10.5. The molecule has 0 fully saturated rings. The van der Waals surface area contributed by atoms with Gasteiger partial charge in [0.1, 0.15) is 17.3 Å². The number of amides is 1. The van der Waals surface area contributed by atoms with Crippen LogP contribution in [0.3, 0.4) is 0 Å². The van der Waals surface area contributed by atoms with E-state index in [1.807, 2.05) is 6.92 Å². The number of hydrogen-bond donors (Lipinski definition) is 2. The second-order valence-corrected chi connectivity index (χ2v) is 4.30. The van der Waals surface area contributed by atoms with Crippen molar-refractivity contribution in [2.75, 3.05) is 25.1 Å². The van der Waals surface area contributed by atoms with Gasteiger partial charge in [0.15, 0.2) is 0 Å². The predicted molar refractivity (Wildman–Crippen MR) is 78.5 cm³/mol. The number of ether oxygens (including phenoxy) is 2. The molecule has 0 atom stereocenters. The van der Waals surface area contributed by atoms with Crippen LogP contribution in [0.25, 0.3) is 0 Å². The quantitative estimate of drug-likeness (QED) is 0.561. The number of anilines is 1. The van der Waals surface area contributed by atoms with E-state index in [1.165, 1.54) is 0 Å². The number of carbonyl (C=O) groups is 1. The van der Waals surface area contributed by atoms with E-state index in [0.29, 0.717) is 31.1 Å². The summed E-state index contributed by atoms with van der Waals surface area (Å²) in [7, 11) is 0. The molecule has 0 heterocycles. The van der Waals surface area contributed by atoms with E-state index in [-0.39, 0.29) is 17.5 Å². The van der Waals surface area contributed by atoms with Crippen molar-refractivity contribution in [1.29, 1.82) is 0 Å². The van der Waals surface area contributed by atoms with E-state index in [0.717, 1.165) is 0 Å². The zero-order valence-corrected chi connectivity index (χ0v) is 11.7. The first-order valence-corrected chi connectivity index (χ1v) is 6.41. The molecule has 1 aromatic carbocycles. The molecule has 0 spiro atoms. The number of thiocarbonyl (C=S) groups is 1. The molecular formula is C13H18N2O3S. The van der Waals surface area contributed by atoms with Gasteiger partial charge < -0.3 is 20.5 Å². The normalized spacial score (nSPS) is 9.95. The lowest BCUT2D eigenvalue weighted by Crippen LogP contribution is -2.18. The zero-order valence-electron chi connectivity index (χ0n) is 10.8. The average molecular weight is 282 g/mol. The van der Waals surface area contributed by atoms with Gasteiger partial charge in [0, 0.05) is 18.4 Å². The molecule has 0 saturated heterocycles. The Bertz CT molecular complexity index is 438. The molecule has 19 heavy (non-hydrogen) atoms. The fourth-order valence-electron chi connectivity index (χ4n) is 1.35. The lowest BCUT2D eigenvalue weighted by Gasteiger charge is -2.08. The SMILES string of the molecule is CCOCCC(=O)Nc1cccc(OCC(N)=S)c1. The summed E-state index contributed by atoms with van der Waals surface area (Å²) in [5, 5.41) is 2.77. The maximum Gasteiger partial charge on any atom is 0.226 e. The molecule has 0 saturated carbocycles. The Morgan fingerprint density at radius 1 is 1.47 bits per heavy atom. The molecule has 1 amide bonds. The Balaban J connectivity index is 2.47. The highest BCUT2D eigenvalue weighted by Crippen LogP contribution is 2.17. The van der Waals surface area contributed by atoms with Gasteiger partial charge in [0.25, 0.3) is 0 Å². The van der Waals surface area contributed by atoms with Crippen molar-refractivity contribution < 1.29 is 14.3 Å². The molecule has 5 nitrogen and oxygen atoms in total. The van der Waals surface area contributed by atoms with Crippen LogP contribution in [0.2, 0.25) is 0 Å². The first-order chi connectivity index (χ1) is 9.11. The Hall–Kier alpha value is -1.66. The van der Waals surface area contributed by atoms with Gasteiger partial charge >= 0.3 is 0 Å². The molecule has 6 heteroatoms. The maximum absolute atomic E-state index is 11.6. The first kappa shape index (κ1) is 15.4. The Morgan fingerprint density at radius 2 is 2.26 bits per heavy atom. The largest absolute Gasteiger partial charge is 0.486 e. The van der Waals surface area contributed by atoms with E-state index >= 15 is 0 Å². The summed E-state index contributed by atoms with van der Waals surface area (Å²) in [4.78, 5) is 11.9. The van der Waals surface area contributed by atoms with Gasteiger partial charge in [-0.05, 0) is 19.1 Å². The second-order valence-electron chi connectivity index (χ2n) is 3.78. The van der Waals surface area contributed by atoms with Crippen LogP contribution in [0.4, 0.5) is 5.69 Å². The third kappa shape index (κ3) is 6.73. The lowest BCUT2D eigenvalue weighted by molar-refractivity contribution is -0.117. The Labute approximate surface area is 118 Å². The fourth-order valence-corrected chi connectivity index (χ4v) is 1.41. The van der Waals surface area contributed by atoms with Crippen LogP contribution in [0, 0.1) is 0 Å². The molecule has 3 N–H and O–H groups in total. The van der Waals surface area contributed by atoms with Crippen LogP contribution in [0.15, 0.2) is 24.3 Å². The summed E-state index contributed by atoms with van der Waals surface area (Å²) in [6, 6.07) is 7.06. The van der Waals surface area contributed by atoms with Crippen LogP contribution >= 0.6 is 12.2 Å². The monoisotopic (exact) mass is 282 g/mol. The van der Waals surface area contributed by atoms with E-state index in [2.05, 4.69) is 5.32 Å². The second kappa shape index (κ2) is 8.44. The van der Waals surface area contributed by atoms with Gasteiger partial charge in [0.05, 0.1) is 13.0 Å². The minimum atomic E-state index is -0.0973. The van der Waals surface area contributed by atoms with Crippen molar-refractivity contribution in [1.82, 2.24) is 0 Å². The molecule has 0 radical (unpaired) electrons. The third-order valence-corrected chi connectivity index (χ3v) is 2.29. The minimum absolute atomic E-state index is 0.0973. The number of nitrogens with two attached hydrogens (primary N) is 1. The van der Waals surface area contributed by atoms with Crippen molar-refractivity contribution in [3.05, 3.63) is 24.3 Å². The highest BCUT2D eigenvalue weighted by molar-refractivity contribution is 7.80. The van der Waals surface area contributed by atoms with E-state index in [9.17, 15) is 4.79 Å². The first-order valence-electron chi connectivity index (χ1n) is 6.00. The summed E-state index contributed by atoms with van der Waals surface area (Å²) in [6.07, 6.45) is 0.325. The van der Waals surface area contributed by atoms with E-state index in [1.54, 1.807) is 24.3 Å². The van der Waals surface area contributed by atoms with Crippen molar-refractivity contribution in [3.8, 4) is 5.75 Å². The summed E-state index contributed by atoms with van der Waals surface area (Å²) in [5.74, 6) is 0.510. The molecule has 0 aromatic heterocycles. The number of rotatable bonds is 8. The van der Waals surface area contributed by atoms with Crippen LogP contribution in [-0.4, -0.2) is 30.7 Å². The standard InChI is InChI=1S/C13H18N2O3S/c1-2-17-7-6-13(16)15-10-4-3-5-11(8-10)18-9-12(14)19/h3-5,8H,2,6-7,9H2,1H3,(H2,14,19)(H,15,16). The van der Waals surface area contributed by atoms with Gasteiger partial charge in [-0.2, -0.15) is 0 Å². The molecule has 0 bridgehead atoms. The molecule has 0 aliphatic rings. The highest BCUT2D eigenvalue weighted by atomic mass is 32.1. The predicted octanol–water partition coefficient (Wildman–Crippen LogP) is 1.72. The molecule has 1 rings (SSSR count). The molecule has 0 unspecified atom stereocenters. The fraction of sp³-hybridized carbons (Fsp3) is 0.385. The number of carbonyl (C=O) groups excluding carboxylic acids is 1. The van der Waals surface area contributed by atoms with Crippen LogP contribution < -0.4 is 15.8 Å². The van der Waals surface area contributed by atoms with Gasteiger partial charge in [-0.1, -0.05) is 18.3 Å². The smallest absolute Gasteiger partial charge is 0.226 e. The topological polar surface area (TPSA) is 73.6 Å². The van der Waals surface area contributed by atoms with Crippen LogP contribution in [0.1, 0.15) is 13.3 Å². The van der Waals surface area contributed by atoms with Crippen molar-refractivity contribution in [2.24, 2.45) is 5.73 Å². The van der Waals surface area contributed by atoms with Gasteiger partial charge in [0.2, 0.25) is 5.91 Å². The molecule has 1 aromatic rings. The zero-order chi connectivity index (χ0) is 14.1. The van der Waals surface area contributed by atoms with Crippen molar-refractivity contribution in [2.45, 2.75) is 13.3 Å². The van der Waals surface area contributed by atoms with Gasteiger partial charge in [-0.3, -0.25) is 4.79 Å². The number of hydrogen-bond acceptors (Lipinski definition) is 4. The molecule has 0 aliphatic carbocycles. The van der Waals surface area contributed by atoms with E-state index < -0.39 is 0 Å². The van der Waals surface area contributed by atoms with Gasteiger partial charge in [-0.25, -0.2) is 0 Å². The Kier molecular flexibility index (Phi) is 6.84. The summed E-state index contributed by atoms with van der Waals surface area (Å²) >= 11 is 4.73. The van der Waals surface area contributed by atoms with Crippen molar-refractivity contribution in [3.63, 3.8) is 0 Å². The van der Waals surface area contributed by atoms with Crippen LogP contribution in [-0.2, 0) is 9.53 Å². The lowest BCUT2D eigenvalue weighted by atomic mass is 10.3. The average Bonchev–Trinajstić information content (AvgIpc) is 2.37. The molecular weight excluding hydrogens is 264 g/mol.